The van der Waals surface area contributed by atoms with E-state index in [1.807, 2.05) is 48.4 Å². The molecule has 1 atom stereocenters. The normalized spacial score (nSPS) is 15.3. The largest absolute Gasteiger partial charge is 0.480 e. The molecule has 3 heterocycles. The van der Waals surface area contributed by atoms with E-state index in [1.165, 1.54) is 5.56 Å². The first-order valence-electron chi connectivity index (χ1n) is 10.1. The highest BCUT2D eigenvalue weighted by molar-refractivity contribution is 7.18. The lowest BCUT2D eigenvalue weighted by molar-refractivity contribution is -0.140. The molecule has 4 aromatic rings. The molecule has 1 aliphatic rings. The second-order valence-corrected chi connectivity index (χ2v) is 9.44. The number of halogens is 2. The molecule has 1 N–H and O–H groups in total. The summed E-state index contributed by atoms with van der Waals surface area (Å²) in [7, 11) is 0. The van der Waals surface area contributed by atoms with Gasteiger partial charge in [0.15, 0.2) is 0 Å². The third kappa shape index (κ3) is 4.31. The zero-order valence-corrected chi connectivity index (χ0v) is 19.7. The van der Waals surface area contributed by atoms with Gasteiger partial charge in [0.25, 0.3) is 0 Å². The molecule has 1 unspecified atom stereocenters. The van der Waals surface area contributed by atoms with Crippen molar-refractivity contribution in [1.29, 1.82) is 0 Å². The van der Waals surface area contributed by atoms with E-state index in [-0.39, 0.29) is 12.4 Å². The minimum Gasteiger partial charge on any atom is -0.480 e. The van der Waals surface area contributed by atoms with Crippen molar-refractivity contribution in [2.45, 2.75) is 25.8 Å². The average molecular weight is 486 g/mol. The first kappa shape index (κ1) is 22.5. The minimum absolute atomic E-state index is 0. The summed E-state index contributed by atoms with van der Waals surface area (Å²) in [6, 6.07) is 15.7. The van der Waals surface area contributed by atoms with E-state index in [4.69, 9.17) is 16.6 Å². The van der Waals surface area contributed by atoms with Crippen LogP contribution in [0.15, 0.2) is 54.7 Å². The standard InChI is InChI=1S/C24H20ClN3O2S.ClH/c1-14-27-23-19(17-3-2-4-18(25)12-17)10-16(11-21(23)31-14)9-15-5-6-22(26-13-15)28-8-7-20(28)24(29)30;/h2-6,10-13,20H,7-9H2,1H3,(H,29,30);1H. The van der Waals surface area contributed by atoms with Gasteiger partial charge in [0.1, 0.15) is 11.9 Å². The van der Waals surface area contributed by atoms with Gasteiger partial charge in [-0.1, -0.05) is 29.8 Å². The summed E-state index contributed by atoms with van der Waals surface area (Å²) < 4.78 is 1.15. The Labute approximate surface area is 201 Å². The Kier molecular flexibility index (Phi) is 6.38. The van der Waals surface area contributed by atoms with Crippen LogP contribution in [-0.4, -0.2) is 33.6 Å². The second kappa shape index (κ2) is 9.06. The summed E-state index contributed by atoms with van der Waals surface area (Å²) in [5, 5.41) is 11.0. The number of carboxylic acid groups (broad SMARTS) is 1. The molecule has 0 amide bonds. The van der Waals surface area contributed by atoms with E-state index >= 15 is 0 Å². The van der Waals surface area contributed by atoms with Crippen LogP contribution in [0.3, 0.4) is 0 Å². The number of aryl methyl sites for hydroxylation is 1. The van der Waals surface area contributed by atoms with Crippen molar-refractivity contribution in [3.63, 3.8) is 0 Å². The predicted molar refractivity (Wildman–Crippen MR) is 132 cm³/mol. The first-order chi connectivity index (χ1) is 15.0. The third-order valence-corrected chi connectivity index (χ3v) is 6.77. The van der Waals surface area contributed by atoms with E-state index in [0.717, 1.165) is 50.7 Å². The lowest BCUT2D eigenvalue weighted by atomic mass is 9.98. The van der Waals surface area contributed by atoms with Crippen LogP contribution in [0.2, 0.25) is 5.02 Å². The highest BCUT2D eigenvalue weighted by atomic mass is 35.5. The summed E-state index contributed by atoms with van der Waals surface area (Å²) in [4.78, 5) is 22.4. The molecular formula is C24H21Cl2N3O2S. The van der Waals surface area contributed by atoms with Crippen LogP contribution in [0, 0.1) is 6.92 Å². The van der Waals surface area contributed by atoms with Gasteiger partial charge in [-0.3, -0.25) is 0 Å². The molecule has 5 nitrogen and oxygen atoms in total. The van der Waals surface area contributed by atoms with Gasteiger partial charge in [-0.25, -0.2) is 14.8 Å². The van der Waals surface area contributed by atoms with Crippen LogP contribution < -0.4 is 4.90 Å². The summed E-state index contributed by atoms with van der Waals surface area (Å²) in [6.45, 7) is 2.75. The number of aromatic nitrogens is 2. The number of nitrogens with zero attached hydrogens (tertiary/aromatic N) is 3. The van der Waals surface area contributed by atoms with Crippen molar-refractivity contribution in [2.75, 3.05) is 11.4 Å². The van der Waals surface area contributed by atoms with Gasteiger partial charge in [0.2, 0.25) is 0 Å². The minimum atomic E-state index is -0.793. The van der Waals surface area contributed by atoms with Gasteiger partial charge in [0.05, 0.1) is 15.2 Å². The second-order valence-electron chi connectivity index (χ2n) is 7.77. The Balaban J connectivity index is 0.00000245. The highest BCUT2D eigenvalue weighted by Crippen LogP contribution is 2.35. The van der Waals surface area contributed by atoms with Crippen LogP contribution in [0.4, 0.5) is 5.82 Å². The Morgan fingerprint density at radius 2 is 2.06 bits per heavy atom. The zero-order valence-electron chi connectivity index (χ0n) is 17.3. The number of thiazole rings is 1. The average Bonchev–Trinajstić information content (AvgIpc) is 3.07. The van der Waals surface area contributed by atoms with E-state index in [1.54, 1.807) is 11.3 Å². The molecule has 0 spiro atoms. The Morgan fingerprint density at radius 3 is 2.72 bits per heavy atom. The highest BCUT2D eigenvalue weighted by Gasteiger charge is 2.34. The fourth-order valence-electron chi connectivity index (χ4n) is 4.02. The monoisotopic (exact) mass is 485 g/mol. The Bertz CT molecular complexity index is 1290. The number of rotatable bonds is 5. The molecule has 2 aromatic heterocycles. The van der Waals surface area contributed by atoms with Crippen LogP contribution in [0.25, 0.3) is 21.3 Å². The number of pyridine rings is 1. The van der Waals surface area contributed by atoms with Gasteiger partial charge < -0.3 is 10.0 Å². The fraction of sp³-hybridized carbons (Fsp3) is 0.208. The predicted octanol–water partition coefficient (Wildman–Crippen LogP) is 6.00. The smallest absolute Gasteiger partial charge is 0.326 e. The van der Waals surface area contributed by atoms with Crippen LogP contribution in [-0.2, 0) is 11.2 Å². The number of carboxylic acids is 1. The zero-order chi connectivity index (χ0) is 21.5. The summed E-state index contributed by atoms with van der Waals surface area (Å²) in [5.74, 6) is -0.0747. The summed E-state index contributed by atoms with van der Waals surface area (Å²) in [6.07, 6.45) is 3.24. The van der Waals surface area contributed by atoms with Crippen molar-refractivity contribution < 1.29 is 9.90 Å². The number of carbonyl (C=O) groups is 1. The number of fused-ring (bicyclic) bond motifs is 1. The van der Waals surface area contributed by atoms with Gasteiger partial charge >= 0.3 is 5.97 Å². The van der Waals surface area contributed by atoms with Crippen molar-refractivity contribution in [2.24, 2.45) is 0 Å². The van der Waals surface area contributed by atoms with Crippen molar-refractivity contribution >= 4 is 57.3 Å². The van der Waals surface area contributed by atoms with Crippen LogP contribution in [0.1, 0.15) is 22.6 Å². The maximum Gasteiger partial charge on any atom is 0.326 e. The van der Waals surface area contributed by atoms with Crippen molar-refractivity contribution in [1.82, 2.24) is 9.97 Å². The lowest BCUT2D eigenvalue weighted by Crippen LogP contribution is -2.52. The van der Waals surface area contributed by atoms with Gasteiger partial charge in [-0.05, 0) is 66.8 Å². The molecule has 8 heteroatoms. The molecule has 0 saturated carbocycles. The van der Waals surface area contributed by atoms with E-state index < -0.39 is 12.0 Å². The molecule has 2 aromatic carbocycles. The number of hydrogen-bond donors (Lipinski definition) is 1. The fourth-order valence-corrected chi connectivity index (χ4v) is 5.13. The third-order valence-electron chi connectivity index (χ3n) is 5.61. The van der Waals surface area contributed by atoms with E-state index in [2.05, 4.69) is 23.2 Å². The van der Waals surface area contributed by atoms with Crippen molar-refractivity contribution in [3.8, 4) is 11.1 Å². The molecule has 32 heavy (non-hydrogen) atoms. The molecule has 164 valence electrons. The van der Waals surface area contributed by atoms with E-state index in [0.29, 0.717) is 11.4 Å². The Hall–Kier alpha value is -2.67. The molecule has 1 saturated heterocycles. The number of aliphatic carboxylic acids is 1. The molecular weight excluding hydrogens is 465 g/mol. The van der Waals surface area contributed by atoms with Gasteiger partial charge in [0, 0.05) is 23.3 Å². The van der Waals surface area contributed by atoms with Gasteiger partial charge in [-0.15, -0.1) is 23.7 Å². The molecule has 0 aliphatic carbocycles. The van der Waals surface area contributed by atoms with Gasteiger partial charge in [-0.2, -0.15) is 0 Å². The molecule has 1 aliphatic heterocycles. The molecule has 0 bridgehead atoms. The number of anilines is 1. The molecule has 5 rings (SSSR count). The van der Waals surface area contributed by atoms with Crippen LogP contribution in [0.5, 0.6) is 0 Å². The van der Waals surface area contributed by atoms with Crippen molar-refractivity contribution in [3.05, 3.63) is 75.9 Å². The number of benzene rings is 2. The first-order valence-corrected chi connectivity index (χ1v) is 11.3. The van der Waals surface area contributed by atoms with E-state index in [9.17, 15) is 9.90 Å². The van der Waals surface area contributed by atoms with Crippen LogP contribution >= 0.6 is 35.3 Å². The molecule has 0 radical (unpaired) electrons. The topological polar surface area (TPSA) is 66.3 Å². The maximum atomic E-state index is 11.3. The molecule has 1 fully saturated rings. The Morgan fingerprint density at radius 1 is 1.22 bits per heavy atom. The SMILES string of the molecule is Cc1nc2c(-c3cccc(Cl)c3)cc(Cc3ccc(N4CCC4C(=O)O)nc3)cc2s1.Cl. The quantitative estimate of drug-likeness (QED) is 0.375. The number of hydrogen-bond acceptors (Lipinski definition) is 5. The maximum absolute atomic E-state index is 11.3. The summed E-state index contributed by atoms with van der Waals surface area (Å²) >= 11 is 7.93. The lowest BCUT2D eigenvalue weighted by Gasteiger charge is -2.38. The summed E-state index contributed by atoms with van der Waals surface area (Å²) in [5.41, 5.74) is 5.38.